The molecule has 1 saturated heterocycles. The van der Waals surface area contributed by atoms with Crippen molar-refractivity contribution in [2.45, 2.75) is 26.1 Å². The second-order valence-electron chi connectivity index (χ2n) is 9.62. The maximum absolute atomic E-state index is 13.9. The Morgan fingerprint density at radius 3 is 2.56 bits per heavy atom. The highest BCUT2D eigenvalue weighted by atomic mass is 19.4. The van der Waals surface area contributed by atoms with Crippen LogP contribution in [0.1, 0.15) is 45.1 Å². The third kappa shape index (κ3) is 6.56. The smallest absolute Gasteiger partial charge is 0.370 e. The van der Waals surface area contributed by atoms with Crippen molar-refractivity contribution >= 4 is 17.5 Å². The molecule has 3 aromatic rings. The van der Waals surface area contributed by atoms with E-state index in [0.29, 0.717) is 18.7 Å². The molecular formula is C29H29F3N6O. The molecule has 7 nitrogen and oxygen atoms in total. The van der Waals surface area contributed by atoms with Crippen molar-refractivity contribution in [2.75, 3.05) is 49.9 Å². The molecule has 5 rings (SSSR count). The zero-order chi connectivity index (χ0) is 27.4. The minimum Gasteiger partial charge on any atom is -0.370 e. The number of nitrogens with one attached hydrogen (secondary N) is 2. The maximum atomic E-state index is 13.9. The van der Waals surface area contributed by atoms with Gasteiger partial charge < -0.3 is 15.5 Å². The number of likely N-dealkylation sites (N-methyl/N-ethyl adjacent to an activating group) is 1. The molecule has 0 bridgehead atoms. The number of nitrogens with zero attached hydrogens (tertiary/aromatic N) is 4. The van der Waals surface area contributed by atoms with E-state index in [1.807, 2.05) is 11.0 Å². The van der Waals surface area contributed by atoms with Crippen molar-refractivity contribution in [3.05, 3.63) is 82.2 Å². The molecule has 0 unspecified atom stereocenters. The number of rotatable bonds is 5. The highest BCUT2D eigenvalue weighted by Crippen LogP contribution is 2.33. The van der Waals surface area contributed by atoms with Crippen LogP contribution in [0.4, 0.5) is 24.8 Å². The number of hydrogen-bond acceptors (Lipinski definition) is 6. The predicted molar refractivity (Wildman–Crippen MR) is 143 cm³/mol. The lowest BCUT2D eigenvalue weighted by atomic mass is 10.0. The maximum Gasteiger partial charge on any atom is 0.416 e. The summed E-state index contributed by atoms with van der Waals surface area (Å²) < 4.78 is 41.8. The van der Waals surface area contributed by atoms with E-state index >= 15 is 0 Å². The van der Waals surface area contributed by atoms with E-state index in [1.54, 1.807) is 18.3 Å². The van der Waals surface area contributed by atoms with Crippen molar-refractivity contribution in [1.82, 2.24) is 19.8 Å². The molecule has 1 fully saturated rings. The van der Waals surface area contributed by atoms with Crippen LogP contribution in [0.2, 0.25) is 0 Å². The van der Waals surface area contributed by atoms with Gasteiger partial charge in [-0.1, -0.05) is 24.8 Å². The van der Waals surface area contributed by atoms with Gasteiger partial charge in [0.25, 0.3) is 5.91 Å². The predicted octanol–water partition coefficient (Wildman–Crippen LogP) is 4.25. The highest BCUT2D eigenvalue weighted by molar-refractivity contribution is 6.04. The lowest BCUT2D eigenvalue weighted by molar-refractivity contribution is -0.138. The SMILES string of the molecule is CCN1CCN(Cc2ccc(C(=O)Nc3cc(C#Cc4cnc5c(c4)CCN5)ccn3)cc2C(F)(F)F)CC1. The number of hydrogen-bond donors (Lipinski definition) is 2. The van der Waals surface area contributed by atoms with Crippen LogP contribution in [0.3, 0.4) is 0 Å². The van der Waals surface area contributed by atoms with Crippen LogP contribution >= 0.6 is 0 Å². The van der Waals surface area contributed by atoms with Gasteiger partial charge in [-0.3, -0.25) is 9.69 Å². The third-order valence-electron chi connectivity index (χ3n) is 6.99. The molecule has 1 aromatic carbocycles. The summed E-state index contributed by atoms with van der Waals surface area (Å²) >= 11 is 0. The molecular weight excluding hydrogens is 505 g/mol. The van der Waals surface area contributed by atoms with Crippen molar-refractivity contribution in [2.24, 2.45) is 0 Å². The fourth-order valence-electron chi connectivity index (χ4n) is 4.78. The molecule has 0 aliphatic carbocycles. The standard InChI is InChI=1S/C29H29F3N6O/c1-2-37-11-13-38(14-12-37)19-24-6-5-23(17-25(24)29(30,31)32)28(39)36-26-16-20(7-9-33-26)3-4-21-15-22-8-10-34-27(22)35-18-21/h5-7,9,15-18H,2,8,10-14,19H2,1H3,(H,34,35)(H,33,36,39). The normalized spacial score (nSPS) is 15.7. The molecule has 4 heterocycles. The molecule has 2 aliphatic heterocycles. The minimum atomic E-state index is -4.58. The molecule has 10 heteroatoms. The van der Waals surface area contributed by atoms with Gasteiger partial charge in [0.2, 0.25) is 0 Å². The molecule has 0 radical (unpaired) electrons. The van der Waals surface area contributed by atoms with Crippen LogP contribution in [0.5, 0.6) is 0 Å². The molecule has 2 aliphatic rings. The fraction of sp³-hybridized carbons (Fsp3) is 0.345. The first-order chi connectivity index (χ1) is 18.8. The molecule has 1 amide bonds. The summed E-state index contributed by atoms with van der Waals surface area (Å²) in [6.45, 7) is 7.12. The van der Waals surface area contributed by atoms with Gasteiger partial charge >= 0.3 is 6.18 Å². The summed E-state index contributed by atoms with van der Waals surface area (Å²) in [7, 11) is 0. The summed E-state index contributed by atoms with van der Waals surface area (Å²) in [5.74, 6) is 6.50. The number of pyridine rings is 2. The quantitative estimate of drug-likeness (QED) is 0.477. The lowest BCUT2D eigenvalue weighted by Crippen LogP contribution is -2.45. The number of benzene rings is 1. The molecule has 39 heavy (non-hydrogen) atoms. The monoisotopic (exact) mass is 534 g/mol. The van der Waals surface area contributed by atoms with E-state index in [-0.39, 0.29) is 23.5 Å². The highest BCUT2D eigenvalue weighted by Gasteiger charge is 2.34. The van der Waals surface area contributed by atoms with Crippen LogP contribution in [0.15, 0.2) is 48.8 Å². The second kappa shape index (κ2) is 11.4. The molecule has 2 aromatic heterocycles. The first-order valence-corrected chi connectivity index (χ1v) is 13.0. The van der Waals surface area contributed by atoms with Gasteiger partial charge in [-0.05, 0) is 54.4 Å². The van der Waals surface area contributed by atoms with Crippen molar-refractivity contribution < 1.29 is 18.0 Å². The van der Waals surface area contributed by atoms with E-state index in [4.69, 9.17) is 0 Å². The van der Waals surface area contributed by atoms with Crippen LogP contribution in [0.25, 0.3) is 0 Å². The van der Waals surface area contributed by atoms with E-state index in [1.165, 1.54) is 18.3 Å². The minimum absolute atomic E-state index is 0.0852. The van der Waals surface area contributed by atoms with Crippen molar-refractivity contribution in [1.29, 1.82) is 0 Å². The fourth-order valence-corrected chi connectivity index (χ4v) is 4.78. The Hall–Kier alpha value is -3.94. The van der Waals surface area contributed by atoms with Crippen LogP contribution in [-0.4, -0.2) is 64.9 Å². The topological polar surface area (TPSA) is 73.4 Å². The first-order valence-electron chi connectivity index (χ1n) is 13.0. The van der Waals surface area contributed by atoms with Crippen molar-refractivity contribution in [3.8, 4) is 11.8 Å². The number of amides is 1. The van der Waals surface area contributed by atoms with Crippen LogP contribution in [-0.2, 0) is 19.1 Å². The molecule has 0 spiro atoms. The number of anilines is 2. The zero-order valence-corrected chi connectivity index (χ0v) is 21.6. The number of aromatic nitrogens is 2. The Bertz CT molecular complexity index is 1420. The average Bonchev–Trinajstić information content (AvgIpc) is 3.40. The van der Waals surface area contributed by atoms with Gasteiger partial charge in [-0.15, -0.1) is 0 Å². The molecule has 0 saturated carbocycles. The Balaban J connectivity index is 1.29. The molecule has 0 atom stereocenters. The number of halogens is 3. The Kier molecular flexibility index (Phi) is 7.82. The summed E-state index contributed by atoms with van der Waals surface area (Å²) in [4.78, 5) is 25.7. The van der Waals surface area contributed by atoms with Crippen molar-refractivity contribution in [3.63, 3.8) is 0 Å². The molecule has 2 N–H and O–H groups in total. The van der Waals surface area contributed by atoms with Gasteiger partial charge in [0.1, 0.15) is 11.6 Å². The lowest BCUT2D eigenvalue weighted by Gasteiger charge is -2.34. The van der Waals surface area contributed by atoms with Gasteiger partial charge in [0, 0.05) is 68.4 Å². The number of alkyl halides is 3. The first kappa shape index (κ1) is 26.7. The number of fused-ring (bicyclic) bond motifs is 1. The Morgan fingerprint density at radius 1 is 1.03 bits per heavy atom. The van der Waals surface area contributed by atoms with Crippen LogP contribution in [0, 0.1) is 11.8 Å². The van der Waals surface area contributed by atoms with Gasteiger partial charge in [0.05, 0.1) is 5.56 Å². The summed E-state index contributed by atoms with van der Waals surface area (Å²) in [6.07, 6.45) is -0.489. The second-order valence-corrected chi connectivity index (χ2v) is 9.62. The third-order valence-corrected chi connectivity index (χ3v) is 6.99. The zero-order valence-electron chi connectivity index (χ0n) is 21.6. The Labute approximate surface area is 225 Å². The summed E-state index contributed by atoms with van der Waals surface area (Å²) in [5, 5.41) is 5.80. The summed E-state index contributed by atoms with van der Waals surface area (Å²) in [6, 6.07) is 9.03. The van der Waals surface area contributed by atoms with Gasteiger partial charge in [0.15, 0.2) is 0 Å². The van der Waals surface area contributed by atoms with Gasteiger partial charge in [-0.2, -0.15) is 13.2 Å². The molecule has 202 valence electrons. The largest absolute Gasteiger partial charge is 0.416 e. The Morgan fingerprint density at radius 2 is 1.79 bits per heavy atom. The van der Waals surface area contributed by atoms with E-state index < -0.39 is 17.6 Å². The number of carbonyl (C=O) groups excluding carboxylic acids is 1. The number of piperazine rings is 1. The van der Waals surface area contributed by atoms with E-state index in [0.717, 1.165) is 55.6 Å². The number of carbonyl (C=O) groups is 1. The van der Waals surface area contributed by atoms with Gasteiger partial charge in [-0.25, -0.2) is 9.97 Å². The van der Waals surface area contributed by atoms with Crippen LogP contribution < -0.4 is 10.6 Å². The van der Waals surface area contributed by atoms with E-state index in [9.17, 15) is 18.0 Å². The summed E-state index contributed by atoms with van der Waals surface area (Å²) in [5.41, 5.74) is 1.78. The average molecular weight is 535 g/mol. The van der Waals surface area contributed by atoms with E-state index in [2.05, 4.69) is 44.3 Å².